The molecule has 0 bridgehead atoms. The van der Waals surface area contributed by atoms with Gasteiger partial charge in [0.2, 0.25) is 0 Å². The van der Waals surface area contributed by atoms with E-state index in [1.54, 1.807) is 18.3 Å². The van der Waals surface area contributed by atoms with Gasteiger partial charge in [0.15, 0.2) is 11.6 Å². The second-order valence-corrected chi connectivity index (χ2v) is 4.36. The number of aliphatic hydroxyl groups excluding tert-OH is 1. The standard InChI is InChI=1S/C15H11F2NO/c16-12-5-4-9(8-13(12)17)15(19)11-2-1-3-14-10(11)6-7-18-14/h1-8,15,18-19H. The van der Waals surface area contributed by atoms with E-state index >= 15 is 0 Å². The summed E-state index contributed by atoms with van der Waals surface area (Å²) in [4.78, 5) is 3.04. The van der Waals surface area contributed by atoms with Gasteiger partial charge in [-0.25, -0.2) is 8.78 Å². The molecule has 1 unspecified atom stereocenters. The summed E-state index contributed by atoms with van der Waals surface area (Å²) in [6, 6.07) is 10.7. The molecule has 0 aliphatic carbocycles. The lowest BCUT2D eigenvalue weighted by Crippen LogP contribution is -2.01. The smallest absolute Gasteiger partial charge is 0.159 e. The number of H-pyrrole nitrogens is 1. The zero-order valence-corrected chi connectivity index (χ0v) is 9.90. The molecule has 1 aromatic heterocycles. The van der Waals surface area contributed by atoms with Gasteiger partial charge in [0, 0.05) is 17.1 Å². The zero-order valence-electron chi connectivity index (χ0n) is 9.90. The molecule has 0 spiro atoms. The van der Waals surface area contributed by atoms with E-state index in [4.69, 9.17) is 0 Å². The fourth-order valence-corrected chi connectivity index (χ4v) is 2.21. The number of halogens is 2. The minimum Gasteiger partial charge on any atom is -0.384 e. The van der Waals surface area contributed by atoms with Gasteiger partial charge in [-0.05, 0) is 35.4 Å². The summed E-state index contributed by atoms with van der Waals surface area (Å²) in [6.45, 7) is 0. The van der Waals surface area contributed by atoms with Crippen molar-refractivity contribution in [3.63, 3.8) is 0 Å². The van der Waals surface area contributed by atoms with Crippen molar-refractivity contribution >= 4 is 10.9 Å². The Morgan fingerprint density at radius 3 is 2.63 bits per heavy atom. The first-order valence-electron chi connectivity index (χ1n) is 5.86. The molecule has 0 radical (unpaired) electrons. The minimum atomic E-state index is -0.991. The molecule has 0 aliphatic heterocycles. The third kappa shape index (κ3) is 2.00. The average molecular weight is 259 g/mol. The Hall–Kier alpha value is -2.20. The lowest BCUT2D eigenvalue weighted by atomic mass is 9.98. The summed E-state index contributed by atoms with van der Waals surface area (Å²) in [7, 11) is 0. The number of nitrogens with one attached hydrogen (secondary N) is 1. The van der Waals surface area contributed by atoms with Crippen molar-refractivity contribution in [2.45, 2.75) is 6.10 Å². The van der Waals surface area contributed by atoms with Crippen LogP contribution in [0.5, 0.6) is 0 Å². The van der Waals surface area contributed by atoms with Gasteiger partial charge in [-0.1, -0.05) is 18.2 Å². The largest absolute Gasteiger partial charge is 0.384 e. The van der Waals surface area contributed by atoms with Crippen LogP contribution in [0.1, 0.15) is 17.2 Å². The van der Waals surface area contributed by atoms with E-state index in [0.717, 1.165) is 23.0 Å². The maximum atomic E-state index is 13.2. The number of aromatic amines is 1. The Morgan fingerprint density at radius 2 is 1.84 bits per heavy atom. The summed E-state index contributed by atoms with van der Waals surface area (Å²) in [6.07, 6.45) is 0.779. The van der Waals surface area contributed by atoms with Gasteiger partial charge in [-0.15, -0.1) is 0 Å². The predicted octanol–water partition coefficient (Wildman–Crippen LogP) is 3.53. The molecule has 2 aromatic carbocycles. The molecule has 4 heteroatoms. The van der Waals surface area contributed by atoms with Crippen molar-refractivity contribution in [1.29, 1.82) is 0 Å². The summed E-state index contributed by atoms with van der Waals surface area (Å²) >= 11 is 0. The molecular weight excluding hydrogens is 248 g/mol. The number of benzene rings is 2. The first-order chi connectivity index (χ1) is 9.16. The molecule has 0 amide bonds. The van der Waals surface area contributed by atoms with E-state index in [-0.39, 0.29) is 0 Å². The molecule has 0 saturated carbocycles. The quantitative estimate of drug-likeness (QED) is 0.725. The maximum Gasteiger partial charge on any atom is 0.159 e. The first-order valence-corrected chi connectivity index (χ1v) is 5.86. The molecule has 2 N–H and O–H groups in total. The van der Waals surface area contributed by atoms with Gasteiger partial charge >= 0.3 is 0 Å². The molecule has 2 nitrogen and oxygen atoms in total. The van der Waals surface area contributed by atoms with E-state index in [2.05, 4.69) is 4.98 Å². The van der Waals surface area contributed by atoms with Crippen LogP contribution in [-0.2, 0) is 0 Å². The van der Waals surface area contributed by atoms with Crippen molar-refractivity contribution in [1.82, 2.24) is 4.98 Å². The first kappa shape index (κ1) is 11.9. The van der Waals surface area contributed by atoms with Crippen LogP contribution >= 0.6 is 0 Å². The predicted molar refractivity (Wildman–Crippen MR) is 68.7 cm³/mol. The van der Waals surface area contributed by atoms with E-state index in [1.165, 1.54) is 6.07 Å². The van der Waals surface area contributed by atoms with E-state index in [1.807, 2.05) is 12.1 Å². The molecule has 3 aromatic rings. The maximum absolute atomic E-state index is 13.2. The number of aromatic nitrogens is 1. The molecule has 1 atom stereocenters. The molecule has 0 fully saturated rings. The third-order valence-corrected chi connectivity index (χ3v) is 3.18. The third-order valence-electron chi connectivity index (χ3n) is 3.18. The van der Waals surface area contributed by atoms with Crippen LogP contribution < -0.4 is 0 Å². The van der Waals surface area contributed by atoms with Crippen LogP contribution in [0.2, 0.25) is 0 Å². The van der Waals surface area contributed by atoms with Gasteiger partial charge in [-0.3, -0.25) is 0 Å². The monoisotopic (exact) mass is 259 g/mol. The Kier molecular flexibility index (Phi) is 2.80. The minimum absolute atomic E-state index is 0.326. The molecule has 0 saturated heterocycles. The zero-order chi connectivity index (χ0) is 13.4. The van der Waals surface area contributed by atoms with Gasteiger partial charge in [0.05, 0.1) is 0 Å². The van der Waals surface area contributed by atoms with Crippen LogP contribution in [-0.4, -0.2) is 10.1 Å². The van der Waals surface area contributed by atoms with Crippen molar-refractivity contribution in [2.24, 2.45) is 0 Å². The highest BCUT2D eigenvalue weighted by molar-refractivity contribution is 5.83. The van der Waals surface area contributed by atoms with Gasteiger partial charge in [-0.2, -0.15) is 0 Å². The Bertz CT molecular complexity index is 736. The molecular formula is C15H11F2NO. The summed E-state index contributed by atoms with van der Waals surface area (Å²) in [5, 5.41) is 11.2. The molecule has 3 rings (SSSR count). The number of aliphatic hydroxyl groups is 1. The molecule has 96 valence electrons. The molecule has 0 aliphatic rings. The van der Waals surface area contributed by atoms with E-state index in [0.29, 0.717) is 11.1 Å². The van der Waals surface area contributed by atoms with Crippen LogP contribution in [0, 0.1) is 11.6 Å². The Labute approximate surface area is 108 Å². The van der Waals surface area contributed by atoms with Crippen molar-refractivity contribution in [3.8, 4) is 0 Å². The lowest BCUT2D eigenvalue weighted by Gasteiger charge is -2.13. The summed E-state index contributed by atoms with van der Waals surface area (Å²) in [5.41, 5.74) is 1.87. The van der Waals surface area contributed by atoms with Crippen molar-refractivity contribution in [3.05, 3.63) is 71.4 Å². The number of rotatable bonds is 2. The number of hydrogen-bond acceptors (Lipinski definition) is 1. The van der Waals surface area contributed by atoms with Gasteiger partial charge in [0.25, 0.3) is 0 Å². The number of hydrogen-bond donors (Lipinski definition) is 2. The van der Waals surface area contributed by atoms with Gasteiger partial charge < -0.3 is 10.1 Å². The number of fused-ring (bicyclic) bond motifs is 1. The molecule has 19 heavy (non-hydrogen) atoms. The van der Waals surface area contributed by atoms with Crippen LogP contribution in [0.3, 0.4) is 0 Å². The van der Waals surface area contributed by atoms with Crippen LogP contribution in [0.4, 0.5) is 8.78 Å². The average Bonchev–Trinajstić information content (AvgIpc) is 2.89. The van der Waals surface area contributed by atoms with Crippen molar-refractivity contribution in [2.75, 3.05) is 0 Å². The SMILES string of the molecule is OC(c1ccc(F)c(F)c1)c1cccc2[nH]ccc12. The fraction of sp³-hybridized carbons (Fsp3) is 0.0667. The topological polar surface area (TPSA) is 36.0 Å². The Balaban J connectivity index is 2.10. The molecule has 1 heterocycles. The second kappa shape index (κ2) is 4.48. The lowest BCUT2D eigenvalue weighted by molar-refractivity contribution is 0.221. The van der Waals surface area contributed by atoms with Crippen LogP contribution in [0.25, 0.3) is 10.9 Å². The Morgan fingerprint density at radius 1 is 1.00 bits per heavy atom. The normalized spacial score (nSPS) is 12.8. The van der Waals surface area contributed by atoms with E-state index in [9.17, 15) is 13.9 Å². The second-order valence-electron chi connectivity index (χ2n) is 4.36. The van der Waals surface area contributed by atoms with Crippen molar-refractivity contribution < 1.29 is 13.9 Å². The van der Waals surface area contributed by atoms with Crippen LogP contribution in [0.15, 0.2) is 48.7 Å². The van der Waals surface area contributed by atoms with E-state index < -0.39 is 17.7 Å². The highest BCUT2D eigenvalue weighted by atomic mass is 19.2. The fourth-order valence-electron chi connectivity index (χ4n) is 2.21. The highest BCUT2D eigenvalue weighted by Crippen LogP contribution is 2.29. The summed E-state index contributed by atoms with van der Waals surface area (Å²) in [5.74, 6) is -1.88. The highest BCUT2D eigenvalue weighted by Gasteiger charge is 2.15. The van der Waals surface area contributed by atoms with Gasteiger partial charge in [0.1, 0.15) is 6.10 Å². The summed E-state index contributed by atoms with van der Waals surface area (Å²) < 4.78 is 26.1.